The Balaban J connectivity index is 2.12. The average molecular weight is 339 g/mol. The van der Waals surface area contributed by atoms with Crippen molar-refractivity contribution in [1.29, 1.82) is 0 Å². The lowest BCUT2D eigenvalue weighted by Gasteiger charge is -2.29. The van der Waals surface area contributed by atoms with Crippen LogP contribution in [0.4, 0.5) is 10.5 Å². The van der Waals surface area contributed by atoms with Gasteiger partial charge in [-0.2, -0.15) is 0 Å². The molecule has 7 heteroatoms. The number of sulfone groups is 1. The number of rotatable bonds is 5. The van der Waals surface area contributed by atoms with E-state index in [4.69, 9.17) is 0 Å². The number of carbonyl (C=O) groups excluding carboxylic acids is 1. The van der Waals surface area contributed by atoms with Crippen molar-refractivity contribution in [3.8, 4) is 0 Å². The summed E-state index contributed by atoms with van der Waals surface area (Å²) in [6, 6.07) is 7.08. The molecule has 1 atom stereocenters. The predicted octanol–water partition coefficient (Wildman–Crippen LogP) is 1.58. The van der Waals surface area contributed by atoms with Gasteiger partial charge in [0, 0.05) is 24.8 Å². The number of para-hydroxylation sites is 1. The van der Waals surface area contributed by atoms with Crippen LogP contribution in [0.1, 0.15) is 12.0 Å². The largest absolute Gasteiger partial charge is 0.322 e. The Morgan fingerprint density at radius 1 is 1.26 bits per heavy atom. The fourth-order valence-corrected chi connectivity index (χ4v) is 4.41. The van der Waals surface area contributed by atoms with Crippen LogP contribution in [-0.4, -0.2) is 69.0 Å². The lowest BCUT2D eigenvalue weighted by molar-refractivity contribution is 0.186. The fraction of sp³-hybridized carbons (Fsp3) is 0.562. The van der Waals surface area contributed by atoms with Crippen LogP contribution in [0.25, 0.3) is 0 Å². The highest BCUT2D eigenvalue weighted by Gasteiger charge is 2.34. The summed E-state index contributed by atoms with van der Waals surface area (Å²) >= 11 is 0. The Morgan fingerprint density at radius 3 is 2.52 bits per heavy atom. The molecule has 23 heavy (non-hydrogen) atoms. The van der Waals surface area contributed by atoms with Crippen molar-refractivity contribution in [2.24, 2.45) is 0 Å². The molecule has 1 N–H and O–H groups in total. The van der Waals surface area contributed by atoms with Crippen LogP contribution in [0.15, 0.2) is 24.3 Å². The third-order valence-electron chi connectivity index (χ3n) is 4.08. The number of hydrogen-bond donors (Lipinski definition) is 1. The summed E-state index contributed by atoms with van der Waals surface area (Å²) in [7, 11) is 0.838. The van der Waals surface area contributed by atoms with Crippen molar-refractivity contribution in [1.82, 2.24) is 9.80 Å². The van der Waals surface area contributed by atoms with E-state index < -0.39 is 9.84 Å². The van der Waals surface area contributed by atoms with Gasteiger partial charge in [-0.1, -0.05) is 18.2 Å². The highest BCUT2D eigenvalue weighted by Crippen LogP contribution is 2.20. The molecule has 1 aliphatic heterocycles. The molecule has 128 valence electrons. The second-order valence-electron chi connectivity index (χ2n) is 6.30. The van der Waals surface area contributed by atoms with Crippen LogP contribution in [-0.2, 0) is 9.84 Å². The first-order valence-electron chi connectivity index (χ1n) is 7.77. The molecule has 0 aliphatic carbocycles. The van der Waals surface area contributed by atoms with Gasteiger partial charge in [0.25, 0.3) is 0 Å². The van der Waals surface area contributed by atoms with Crippen LogP contribution < -0.4 is 5.32 Å². The number of aryl methyl sites for hydroxylation is 1. The number of amides is 2. The maximum atomic E-state index is 12.7. The van der Waals surface area contributed by atoms with E-state index in [-0.39, 0.29) is 23.6 Å². The first kappa shape index (κ1) is 17.7. The molecule has 1 aromatic carbocycles. The first-order valence-corrected chi connectivity index (χ1v) is 9.59. The van der Waals surface area contributed by atoms with Gasteiger partial charge in [0.1, 0.15) is 0 Å². The number of urea groups is 1. The van der Waals surface area contributed by atoms with E-state index in [9.17, 15) is 13.2 Å². The number of likely N-dealkylation sites (N-methyl/N-ethyl adjacent to an activating group) is 1. The molecule has 1 unspecified atom stereocenters. The summed E-state index contributed by atoms with van der Waals surface area (Å²) in [4.78, 5) is 16.3. The highest BCUT2D eigenvalue weighted by atomic mass is 32.2. The van der Waals surface area contributed by atoms with E-state index >= 15 is 0 Å². The lowest BCUT2D eigenvalue weighted by Crippen LogP contribution is -2.46. The molecule has 1 fully saturated rings. The van der Waals surface area contributed by atoms with Crippen molar-refractivity contribution >= 4 is 21.6 Å². The Morgan fingerprint density at radius 2 is 1.96 bits per heavy atom. The SMILES string of the molecule is Cc1ccccc1NC(=O)N(CCN(C)C)C1CCS(=O)(=O)C1. The monoisotopic (exact) mass is 339 g/mol. The number of nitrogens with one attached hydrogen (secondary N) is 1. The summed E-state index contributed by atoms with van der Waals surface area (Å²) in [5.74, 6) is 0.218. The first-order chi connectivity index (χ1) is 10.8. The van der Waals surface area contributed by atoms with Crippen LogP contribution >= 0.6 is 0 Å². The van der Waals surface area contributed by atoms with E-state index in [1.807, 2.05) is 50.2 Å². The Labute approximate surface area is 138 Å². The topological polar surface area (TPSA) is 69.7 Å². The quantitative estimate of drug-likeness (QED) is 0.884. The van der Waals surface area contributed by atoms with Crippen molar-refractivity contribution < 1.29 is 13.2 Å². The molecule has 0 spiro atoms. The molecule has 6 nitrogen and oxygen atoms in total. The van der Waals surface area contributed by atoms with Crippen molar-refractivity contribution in [2.75, 3.05) is 44.0 Å². The zero-order chi connectivity index (χ0) is 17.0. The van der Waals surface area contributed by atoms with Crippen molar-refractivity contribution in [3.63, 3.8) is 0 Å². The smallest absolute Gasteiger partial charge is 0.319 e. The van der Waals surface area contributed by atoms with E-state index in [1.165, 1.54) is 0 Å². The average Bonchev–Trinajstić information content (AvgIpc) is 2.81. The van der Waals surface area contributed by atoms with Gasteiger partial charge in [-0.05, 0) is 39.1 Å². The summed E-state index contributed by atoms with van der Waals surface area (Å²) < 4.78 is 23.5. The third kappa shape index (κ3) is 4.94. The van der Waals surface area contributed by atoms with Gasteiger partial charge < -0.3 is 15.1 Å². The third-order valence-corrected chi connectivity index (χ3v) is 5.84. The van der Waals surface area contributed by atoms with E-state index in [0.29, 0.717) is 19.5 Å². The molecule has 1 saturated heterocycles. The molecule has 0 bridgehead atoms. The standard InChI is InChI=1S/C16H25N3O3S/c1-13-6-4-5-7-15(13)17-16(20)19(10-9-18(2)3)14-8-11-23(21,22)12-14/h4-7,14H,8-12H2,1-3H3,(H,17,20). The van der Waals surface area contributed by atoms with Crippen molar-refractivity contribution in [2.45, 2.75) is 19.4 Å². The zero-order valence-corrected chi connectivity index (χ0v) is 14.8. The Bertz CT molecular complexity index is 658. The van der Waals surface area contributed by atoms with Gasteiger partial charge in [-0.3, -0.25) is 0 Å². The predicted molar refractivity (Wildman–Crippen MR) is 92.5 cm³/mol. The zero-order valence-electron chi connectivity index (χ0n) is 13.9. The Hall–Kier alpha value is -1.60. The number of carbonyl (C=O) groups is 1. The number of benzene rings is 1. The number of hydrogen-bond acceptors (Lipinski definition) is 4. The molecule has 2 rings (SSSR count). The molecule has 1 aliphatic rings. The van der Waals surface area contributed by atoms with Gasteiger partial charge >= 0.3 is 6.03 Å². The normalized spacial score (nSPS) is 19.7. The molecular formula is C16H25N3O3S. The molecule has 1 heterocycles. The molecule has 0 aromatic heterocycles. The molecule has 2 amide bonds. The van der Waals surface area contributed by atoms with Gasteiger partial charge in [-0.25, -0.2) is 13.2 Å². The van der Waals surface area contributed by atoms with Crippen LogP contribution in [0.5, 0.6) is 0 Å². The van der Waals surface area contributed by atoms with Crippen LogP contribution in [0, 0.1) is 6.92 Å². The lowest BCUT2D eigenvalue weighted by atomic mass is 10.2. The number of anilines is 1. The minimum absolute atomic E-state index is 0.0572. The fourth-order valence-electron chi connectivity index (χ4n) is 2.68. The minimum atomic E-state index is -3.03. The number of nitrogens with zero attached hydrogens (tertiary/aromatic N) is 2. The van der Waals surface area contributed by atoms with E-state index in [2.05, 4.69) is 5.32 Å². The maximum Gasteiger partial charge on any atom is 0.322 e. The highest BCUT2D eigenvalue weighted by molar-refractivity contribution is 7.91. The van der Waals surface area contributed by atoms with Crippen LogP contribution in [0.2, 0.25) is 0 Å². The van der Waals surface area contributed by atoms with Crippen LogP contribution in [0.3, 0.4) is 0 Å². The summed E-state index contributed by atoms with van der Waals surface area (Å²) in [5.41, 5.74) is 1.74. The van der Waals surface area contributed by atoms with Gasteiger partial charge in [-0.15, -0.1) is 0 Å². The van der Waals surface area contributed by atoms with Gasteiger partial charge in [0.15, 0.2) is 9.84 Å². The van der Waals surface area contributed by atoms with E-state index in [0.717, 1.165) is 11.3 Å². The Kier molecular flexibility index (Phi) is 5.64. The molecule has 0 saturated carbocycles. The summed E-state index contributed by atoms with van der Waals surface area (Å²) in [6.45, 7) is 3.13. The second-order valence-corrected chi connectivity index (χ2v) is 8.53. The minimum Gasteiger partial charge on any atom is -0.319 e. The van der Waals surface area contributed by atoms with Crippen molar-refractivity contribution in [3.05, 3.63) is 29.8 Å². The van der Waals surface area contributed by atoms with Gasteiger partial charge in [0.2, 0.25) is 0 Å². The van der Waals surface area contributed by atoms with E-state index in [1.54, 1.807) is 4.90 Å². The summed E-state index contributed by atoms with van der Waals surface area (Å²) in [5, 5.41) is 2.91. The molecule has 1 aromatic rings. The second kappa shape index (κ2) is 7.31. The van der Waals surface area contributed by atoms with Gasteiger partial charge in [0.05, 0.1) is 11.5 Å². The molecular weight excluding hydrogens is 314 g/mol. The molecule has 0 radical (unpaired) electrons. The summed E-state index contributed by atoms with van der Waals surface area (Å²) in [6.07, 6.45) is 0.511. The maximum absolute atomic E-state index is 12.7.